The van der Waals surface area contributed by atoms with Gasteiger partial charge in [0, 0.05) is 23.6 Å². The van der Waals surface area contributed by atoms with Gasteiger partial charge in [-0.2, -0.15) is 5.10 Å². The minimum Gasteiger partial charge on any atom is -0.370 e. The first-order chi connectivity index (χ1) is 12.6. The van der Waals surface area contributed by atoms with Gasteiger partial charge in [-0.25, -0.2) is 9.07 Å². The summed E-state index contributed by atoms with van der Waals surface area (Å²) in [5.74, 6) is 0.829. The van der Waals surface area contributed by atoms with Crippen LogP contribution in [0.5, 0.6) is 0 Å². The van der Waals surface area contributed by atoms with E-state index >= 15 is 0 Å². The molecule has 0 radical (unpaired) electrons. The van der Waals surface area contributed by atoms with Crippen LogP contribution in [0.2, 0.25) is 5.02 Å². The van der Waals surface area contributed by atoms with Gasteiger partial charge >= 0.3 is 0 Å². The predicted molar refractivity (Wildman–Crippen MR) is 104 cm³/mol. The van der Waals surface area contributed by atoms with Crippen molar-refractivity contribution in [2.75, 3.05) is 11.9 Å². The number of rotatable bonds is 3. The van der Waals surface area contributed by atoms with Crippen molar-refractivity contribution in [1.82, 2.24) is 9.78 Å². The molecule has 134 valence electrons. The average molecular weight is 370 g/mol. The molecular weight excluding hydrogens is 349 g/mol. The summed E-state index contributed by atoms with van der Waals surface area (Å²) < 4.78 is 16.1. The lowest BCUT2D eigenvalue weighted by Crippen LogP contribution is -2.08. The van der Waals surface area contributed by atoms with E-state index in [1.807, 2.05) is 41.9 Å². The van der Waals surface area contributed by atoms with E-state index in [1.54, 1.807) is 6.07 Å². The van der Waals surface area contributed by atoms with Crippen LogP contribution in [0.25, 0.3) is 5.69 Å². The minimum atomic E-state index is -0.184. The number of aryl methyl sites for hydroxylation is 1. The third-order valence-corrected chi connectivity index (χ3v) is 5.16. The number of benzene rings is 2. The third kappa shape index (κ3) is 3.21. The number of anilines is 1. The minimum absolute atomic E-state index is 0.184. The molecule has 26 heavy (non-hydrogen) atoms. The maximum Gasteiger partial charge on any atom is 0.133 e. The van der Waals surface area contributed by atoms with Crippen molar-refractivity contribution < 1.29 is 4.39 Å². The molecule has 0 fully saturated rings. The van der Waals surface area contributed by atoms with Gasteiger partial charge in [0.05, 0.1) is 11.4 Å². The highest BCUT2D eigenvalue weighted by Crippen LogP contribution is 2.31. The van der Waals surface area contributed by atoms with E-state index in [0.29, 0.717) is 17.0 Å². The topological polar surface area (TPSA) is 29.9 Å². The molecule has 1 aliphatic heterocycles. The van der Waals surface area contributed by atoms with Crippen LogP contribution >= 0.6 is 11.6 Å². The smallest absolute Gasteiger partial charge is 0.133 e. The largest absolute Gasteiger partial charge is 0.370 e. The molecule has 3 nitrogen and oxygen atoms in total. The number of halogens is 2. The molecule has 0 unspecified atom stereocenters. The first-order valence-electron chi connectivity index (χ1n) is 8.98. The fraction of sp³-hybridized carbons (Fsp3) is 0.286. The molecule has 0 amide bonds. The highest BCUT2D eigenvalue weighted by atomic mass is 35.5. The van der Waals surface area contributed by atoms with E-state index in [1.165, 1.54) is 11.6 Å². The van der Waals surface area contributed by atoms with E-state index in [9.17, 15) is 4.39 Å². The second-order valence-corrected chi connectivity index (χ2v) is 7.20. The fourth-order valence-corrected chi connectivity index (χ4v) is 3.69. The molecule has 5 heteroatoms. The molecule has 0 atom stereocenters. The van der Waals surface area contributed by atoms with E-state index in [0.717, 1.165) is 48.6 Å². The highest BCUT2D eigenvalue weighted by molar-refractivity contribution is 6.30. The quantitative estimate of drug-likeness (QED) is 0.677. The molecule has 2 heterocycles. The molecule has 0 aliphatic carbocycles. The van der Waals surface area contributed by atoms with Crippen molar-refractivity contribution in [3.8, 4) is 5.69 Å². The molecule has 3 aromatic rings. The van der Waals surface area contributed by atoms with E-state index < -0.39 is 0 Å². The lowest BCUT2D eigenvalue weighted by molar-refractivity contribution is 0.612. The van der Waals surface area contributed by atoms with Gasteiger partial charge in [-0.15, -0.1) is 0 Å². The summed E-state index contributed by atoms with van der Waals surface area (Å²) in [6.07, 6.45) is 3.65. The van der Waals surface area contributed by atoms with E-state index in [2.05, 4.69) is 5.32 Å². The Morgan fingerprint density at radius 2 is 2.04 bits per heavy atom. The zero-order valence-corrected chi connectivity index (χ0v) is 15.5. The van der Waals surface area contributed by atoms with Crippen LogP contribution < -0.4 is 5.32 Å². The molecule has 1 aliphatic rings. The summed E-state index contributed by atoms with van der Waals surface area (Å²) >= 11 is 6.23. The first kappa shape index (κ1) is 17.1. The van der Waals surface area contributed by atoms with Crippen molar-refractivity contribution in [3.63, 3.8) is 0 Å². The second kappa shape index (κ2) is 7.12. The first-order valence-corrected chi connectivity index (χ1v) is 9.36. The number of nitrogens with zero attached hydrogens (tertiary/aromatic N) is 2. The Balaban J connectivity index is 1.84. The van der Waals surface area contributed by atoms with Crippen LogP contribution in [0.3, 0.4) is 0 Å². The standard InChI is InChI=1S/C21H21ClFN3/c1-14-9-10-16(22)13-20(14)26-21-17(7-4-5-11-24-21)19(25-26)12-15-6-2-3-8-18(15)23/h2-3,6,8-10,13,24H,4-5,7,11-12H2,1H3. The van der Waals surface area contributed by atoms with Gasteiger partial charge in [0.2, 0.25) is 0 Å². The van der Waals surface area contributed by atoms with Crippen LogP contribution in [-0.2, 0) is 12.8 Å². The number of fused-ring (bicyclic) bond motifs is 1. The summed E-state index contributed by atoms with van der Waals surface area (Å²) in [6.45, 7) is 2.96. The van der Waals surface area contributed by atoms with Crippen molar-refractivity contribution in [1.29, 1.82) is 0 Å². The SMILES string of the molecule is Cc1ccc(Cl)cc1-n1nc(Cc2ccccc2F)c2c1NCCCC2. The van der Waals surface area contributed by atoms with Gasteiger partial charge in [0.15, 0.2) is 0 Å². The fourth-order valence-electron chi connectivity index (χ4n) is 3.52. The molecule has 1 aromatic heterocycles. The summed E-state index contributed by atoms with van der Waals surface area (Å²) in [4.78, 5) is 0. The van der Waals surface area contributed by atoms with Crippen molar-refractivity contribution in [3.05, 3.63) is 75.7 Å². The normalized spacial score (nSPS) is 13.8. The molecular formula is C21H21ClFN3. The lowest BCUT2D eigenvalue weighted by Gasteiger charge is -2.12. The monoisotopic (exact) mass is 369 g/mol. The Bertz CT molecular complexity index is 948. The van der Waals surface area contributed by atoms with Gasteiger partial charge in [-0.3, -0.25) is 0 Å². The average Bonchev–Trinajstić information content (AvgIpc) is 2.81. The van der Waals surface area contributed by atoms with Crippen LogP contribution in [0.1, 0.15) is 35.2 Å². The molecule has 0 spiro atoms. The van der Waals surface area contributed by atoms with Crippen molar-refractivity contribution >= 4 is 17.4 Å². The molecule has 0 saturated carbocycles. The summed E-state index contributed by atoms with van der Waals surface area (Å²) in [6, 6.07) is 12.7. The maximum absolute atomic E-state index is 14.2. The molecule has 4 rings (SSSR count). The van der Waals surface area contributed by atoms with Crippen LogP contribution in [0, 0.1) is 12.7 Å². The molecule has 0 bridgehead atoms. The summed E-state index contributed by atoms with van der Waals surface area (Å²) in [7, 11) is 0. The van der Waals surface area contributed by atoms with Crippen LogP contribution in [0.15, 0.2) is 42.5 Å². The van der Waals surface area contributed by atoms with Crippen LogP contribution in [-0.4, -0.2) is 16.3 Å². The second-order valence-electron chi connectivity index (χ2n) is 6.77. The summed E-state index contributed by atoms with van der Waals surface area (Å²) in [5, 5.41) is 9.07. The van der Waals surface area contributed by atoms with Gasteiger partial charge in [0.25, 0.3) is 0 Å². The van der Waals surface area contributed by atoms with Crippen LogP contribution in [0.4, 0.5) is 10.2 Å². The zero-order chi connectivity index (χ0) is 18.1. The Hall–Kier alpha value is -2.33. The number of aromatic nitrogens is 2. The Morgan fingerprint density at radius 1 is 1.19 bits per heavy atom. The van der Waals surface area contributed by atoms with Crippen molar-refractivity contribution in [2.24, 2.45) is 0 Å². The Labute approximate surface area is 157 Å². The van der Waals surface area contributed by atoms with Gasteiger partial charge in [-0.05, 0) is 55.5 Å². The van der Waals surface area contributed by atoms with E-state index in [4.69, 9.17) is 16.7 Å². The van der Waals surface area contributed by atoms with Crippen molar-refractivity contribution in [2.45, 2.75) is 32.6 Å². The highest BCUT2D eigenvalue weighted by Gasteiger charge is 2.22. The lowest BCUT2D eigenvalue weighted by atomic mass is 10.0. The van der Waals surface area contributed by atoms with Gasteiger partial charge < -0.3 is 5.32 Å². The van der Waals surface area contributed by atoms with Gasteiger partial charge in [-0.1, -0.05) is 35.9 Å². The van der Waals surface area contributed by atoms with E-state index in [-0.39, 0.29) is 5.82 Å². The molecule has 0 saturated heterocycles. The number of hydrogen-bond donors (Lipinski definition) is 1. The number of nitrogens with one attached hydrogen (secondary N) is 1. The maximum atomic E-state index is 14.2. The molecule has 1 N–H and O–H groups in total. The third-order valence-electron chi connectivity index (χ3n) is 4.93. The number of hydrogen-bond acceptors (Lipinski definition) is 2. The summed E-state index contributed by atoms with van der Waals surface area (Å²) in [5.41, 5.74) is 4.85. The zero-order valence-electron chi connectivity index (χ0n) is 14.7. The molecule has 2 aromatic carbocycles. The van der Waals surface area contributed by atoms with Gasteiger partial charge in [0.1, 0.15) is 11.6 Å². The Kier molecular flexibility index (Phi) is 4.68. The Morgan fingerprint density at radius 3 is 2.88 bits per heavy atom. The predicted octanol–water partition coefficient (Wildman–Crippen LogP) is 5.31.